The predicted octanol–water partition coefficient (Wildman–Crippen LogP) is 5.97. The minimum absolute atomic E-state index is 0.0871. The normalized spacial score (nSPS) is 17.8. The van der Waals surface area contributed by atoms with Crippen molar-refractivity contribution < 1.29 is 19.4 Å². The molecule has 0 radical (unpaired) electrons. The van der Waals surface area contributed by atoms with Gasteiger partial charge in [0.1, 0.15) is 11.2 Å². The molecular formula is C27H30N2O5S. The zero-order chi connectivity index (χ0) is 25.1. The van der Waals surface area contributed by atoms with Crippen LogP contribution in [-0.4, -0.2) is 27.3 Å². The number of nitrogens with zero attached hydrogens (tertiary/aromatic N) is 1. The van der Waals surface area contributed by atoms with Crippen LogP contribution < -0.4 is 10.7 Å². The summed E-state index contributed by atoms with van der Waals surface area (Å²) in [5, 5.41) is 13.0. The fourth-order valence-corrected chi connectivity index (χ4v) is 6.24. The van der Waals surface area contributed by atoms with Gasteiger partial charge in [0.25, 0.3) is 0 Å². The summed E-state index contributed by atoms with van der Waals surface area (Å²) >= 11 is 1.67. The number of pyridine rings is 1. The number of carbonyl (C=O) groups is 2. The van der Waals surface area contributed by atoms with Crippen LogP contribution in [-0.2, 0) is 11.2 Å². The van der Waals surface area contributed by atoms with Gasteiger partial charge in [-0.25, -0.2) is 9.59 Å². The van der Waals surface area contributed by atoms with E-state index in [9.17, 15) is 19.5 Å². The zero-order valence-electron chi connectivity index (χ0n) is 20.4. The molecule has 0 spiro atoms. The van der Waals surface area contributed by atoms with E-state index in [-0.39, 0.29) is 17.6 Å². The lowest BCUT2D eigenvalue weighted by molar-refractivity contribution is 0.0499. The molecule has 1 unspecified atom stereocenters. The third-order valence-electron chi connectivity index (χ3n) is 6.60. The minimum Gasteiger partial charge on any atom is -0.477 e. The van der Waals surface area contributed by atoms with Crippen molar-refractivity contribution in [2.45, 2.75) is 77.5 Å². The number of nitrogens with one attached hydrogen (secondary N) is 1. The summed E-state index contributed by atoms with van der Waals surface area (Å²) in [6.45, 7) is 7.51. The summed E-state index contributed by atoms with van der Waals surface area (Å²) in [4.78, 5) is 39.3. The lowest BCUT2D eigenvalue weighted by atomic mass is 9.94. The molecular weight excluding hydrogens is 464 g/mol. The van der Waals surface area contributed by atoms with Crippen molar-refractivity contribution in [2.24, 2.45) is 0 Å². The molecule has 3 aromatic rings. The number of thiophene rings is 1. The van der Waals surface area contributed by atoms with Gasteiger partial charge in [-0.1, -0.05) is 0 Å². The van der Waals surface area contributed by atoms with Crippen LogP contribution in [0.4, 0.5) is 4.79 Å². The van der Waals surface area contributed by atoms with E-state index in [1.165, 1.54) is 11.8 Å². The molecule has 1 fully saturated rings. The maximum absolute atomic E-state index is 12.9. The Bertz CT molecular complexity index is 1410. The minimum atomic E-state index is -1.19. The topological polar surface area (TPSA) is 97.6 Å². The van der Waals surface area contributed by atoms with Gasteiger partial charge in [-0.2, -0.15) is 0 Å². The number of rotatable bonds is 4. The van der Waals surface area contributed by atoms with Crippen molar-refractivity contribution in [3.8, 4) is 10.4 Å². The molecule has 2 N–H and O–H groups in total. The second-order valence-corrected chi connectivity index (χ2v) is 11.7. The van der Waals surface area contributed by atoms with E-state index in [1.807, 2.05) is 44.4 Å². The van der Waals surface area contributed by atoms with Crippen LogP contribution in [0.2, 0.25) is 0 Å². The summed E-state index contributed by atoms with van der Waals surface area (Å²) in [5.41, 5.74) is 2.79. The Morgan fingerprint density at radius 3 is 2.57 bits per heavy atom. The Morgan fingerprint density at radius 1 is 1.17 bits per heavy atom. The van der Waals surface area contributed by atoms with Gasteiger partial charge in [0.2, 0.25) is 5.43 Å². The molecule has 0 bridgehead atoms. The van der Waals surface area contributed by atoms with Crippen LogP contribution in [0.1, 0.15) is 84.9 Å². The second kappa shape index (κ2) is 8.52. The van der Waals surface area contributed by atoms with Gasteiger partial charge < -0.3 is 19.7 Å². The first-order chi connectivity index (χ1) is 16.5. The smallest absolute Gasteiger partial charge is 0.408 e. The number of fused-ring (bicyclic) bond motifs is 2. The fourth-order valence-electron chi connectivity index (χ4n) is 4.86. The summed E-state index contributed by atoms with van der Waals surface area (Å²) < 4.78 is 7.44. The van der Waals surface area contributed by atoms with E-state index < -0.39 is 23.1 Å². The molecule has 1 atom stereocenters. The summed E-state index contributed by atoms with van der Waals surface area (Å²) in [6.07, 6.45) is 5.86. The molecule has 35 heavy (non-hydrogen) atoms. The number of carbonyl (C=O) groups excluding carboxylic acids is 1. The number of carboxylic acid groups (broad SMARTS) is 1. The van der Waals surface area contributed by atoms with Crippen LogP contribution in [0, 0.1) is 6.92 Å². The first kappa shape index (κ1) is 23.6. The Morgan fingerprint density at radius 2 is 1.91 bits per heavy atom. The standard InChI is InChI=1S/C27H30N2O5S/c1-14-10-18-21(29(16-8-9-16)13-19(23(18)30)25(31)32)12-17(14)22-11-15-6-5-7-20(24(15)35-22)28-26(33)34-27(2,3)4/h10-13,16,20H,5-9H2,1-4H3,(H,28,33)(H,31,32). The number of aromatic carboxylic acids is 1. The molecule has 7 nitrogen and oxygen atoms in total. The zero-order valence-corrected chi connectivity index (χ0v) is 21.3. The number of alkyl carbamates (subject to hydrolysis) is 1. The van der Waals surface area contributed by atoms with Crippen LogP contribution in [0.5, 0.6) is 0 Å². The van der Waals surface area contributed by atoms with E-state index in [0.29, 0.717) is 5.39 Å². The number of aryl methyl sites for hydroxylation is 2. The Kier molecular flexibility index (Phi) is 5.74. The molecule has 0 saturated heterocycles. The highest BCUT2D eigenvalue weighted by Gasteiger charge is 2.29. The molecule has 1 amide bonds. The Hall–Kier alpha value is -3.13. The van der Waals surface area contributed by atoms with E-state index in [0.717, 1.165) is 58.5 Å². The summed E-state index contributed by atoms with van der Waals surface area (Å²) in [5.74, 6) is -1.19. The van der Waals surface area contributed by atoms with E-state index in [1.54, 1.807) is 11.3 Å². The molecule has 1 aromatic carbocycles. The highest BCUT2D eigenvalue weighted by atomic mass is 32.1. The first-order valence-corrected chi connectivity index (χ1v) is 12.9. The number of ether oxygens (including phenoxy) is 1. The number of aromatic nitrogens is 1. The van der Waals surface area contributed by atoms with Gasteiger partial charge in [0.05, 0.1) is 11.6 Å². The molecule has 8 heteroatoms. The highest BCUT2D eigenvalue weighted by Crippen LogP contribution is 2.43. The van der Waals surface area contributed by atoms with Gasteiger partial charge in [-0.15, -0.1) is 11.3 Å². The first-order valence-electron chi connectivity index (χ1n) is 12.1. The van der Waals surface area contributed by atoms with Crippen molar-refractivity contribution in [1.82, 2.24) is 9.88 Å². The van der Waals surface area contributed by atoms with Crippen molar-refractivity contribution in [2.75, 3.05) is 0 Å². The van der Waals surface area contributed by atoms with Crippen LogP contribution in [0.15, 0.2) is 29.2 Å². The second-order valence-electron chi connectivity index (χ2n) is 10.6. The lowest BCUT2D eigenvalue weighted by Gasteiger charge is -2.26. The SMILES string of the molecule is Cc1cc2c(=O)c(C(=O)O)cn(C3CC3)c2cc1-c1cc2c(s1)C(NC(=O)OC(C)(C)C)CCC2. The molecule has 184 valence electrons. The maximum atomic E-state index is 12.9. The van der Waals surface area contributed by atoms with E-state index >= 15 is 0 Å². The Balaban J connectivity index is 1.56. The van der Waals surface area contributed by atoms with E-state index in [4.69, 9.17) is 4.74 Å². The monoisotopic (exact) mass is 494 g/mol. The van der Waals surface area contributed by atoms with Crippen molar-refractivity contribution in [1.29, 1.82) is 0 Å². The number of hydrogen-bond acceptors (Lipinski definition) is 5. The van der Waals surface area contributed by atoms with Crippen molar-refractivity contribution in [3.63, 3.8) is 0 Å². The number of amides is 1. The largest absolute Gasteiger partial charge is 0.477 e. The molecule has 2 heterocycles. The van der Waals surface area contributed by atoms with Crippen molar-refractivity contribution >= 4 is 34.3 Å². The van der Waals surface area contributed by atoms with Gasteiger partial charge in [-0.3, -0.25) is 4.79 Å². The molecule has 1 saturated carbocycles. The number of carboxylic acids is 1. The Labute approximate surface area is 207 Å². The summed E-state index contributed by atoms with van der Waals surface area (Å²) in [7, 11) is 0. The average Bonchev–Trinajstić information content (AvgIpc) is 3.50. The van der Waals surface area contributed by atoms with E-state index in [2.05, 4.69) is 11.4 Å². The third-order valence-corrected chi connectivity index (χ3v) is 7.93. The third kappa shape index (κ3) is 4.59. The molecule has 2 aliphatic rings. The van der Waals surface area contributed by atoms with Crippen LogP contribution in [0.25, 0.3) is 21.3 Å². The molecule has 5 rings (SSSR count). The van der Waals surface area contributed by atoms with Gasteiger partial charge in [0.15, 0.2) is 0 Å². The predicted molar refractivity (Wildman–Crippen MR) is 137 cm³/mol. The summed E-state index contributed by atoms with van der Waals surface area (Å²) in [6, 6.07) is 6.20. The number of hydrogen-bond donors (Lipinski definition) is 2. The molecule has 2 aliphatic carbocycles. The molecule has 2 aromatic heterocycles. The molecule has 0 aliphatic heterocycles. The lowest BCUT2D eigenvalue weighted by Crippen LogP contribution is -2.35. The fraction of sp³-hybridized carbons (Fsp3) is 0.444. The van der Waals surface area contributed by atoms with Crippen molar-refractivity contribution in [3.05, 3.63) is 56.2 Å². The van der Waals surface area contributed by atoms with Crippen LogP contribution in [0.3, 0.4) is 0 Å². The maximum Gasteiger partial charge on any atom is 0.408 e. The van der Waals surface area contributed by atoms with Gasteiger partial charge in [0, 0.05) is 27.4 Å². The number of benzene rings is 1. The highest BCUT2D eigenvalue weighted by molar-refractivity contribution is 7.15. The van der Waals surface area contributed by atoms with Gasteiger partial charge >= 0.3 is 12.1 Å². The quantitative estimate of drug-likeness (QED) is 0.465. The van der Waals surface area contributed by atoms with Gasteiger partial charge in [-0.05, 0) is 94.7 Å². The van der Waals surface area contributed by atoms with Crippen LogP contribution >= 0.6 is 11.3 Å². The average molecular weight is 495 g/mol.